The smallest absolute Gasteiger partial charge is 0.262 e. The summed E-state index contributed by atoms with van der Waals surface area (Å²) in [5.41, 5.74) is 1.58. The average molecular weight is 442 g/mol. The van der Waals surface area contributed by atoms with Crippen LogP contribution in [0.25, 0.3) is 0 Å². The van der Waals surface area contributed by atoms with Gasteiger partial charge in [-0.2, -0.15) is 0 Å². The van der Waals surface area contributed by atoms with Crippen LogP contribution in [0.4, 0.5) is 0 Å². The number of likely N-dealkylation sites (tertiary alicyclic amines) is 1. The molecule has 3 heterocycles. The molecule has 28 heavy (non-hydrogen) atoms. The molecule has 4 rings (SSSR count). The Labute approximate surface area is 178 Å². The largest absolute Gasteiger partial charge is 0.312 e. The van der Waals surface area contributed by atoms with Crippen molar-refractivity contribution in [2.75, 3.05) is 13.1 Å². The van der Waals surface area contributed by atoms with E-state index in [1.807, 2.05) is 16.7 Å². The molecule has 0 aliphatic carbocycles. The summed E-state index contributed by atoms with van der Waals surface area (Å²) in [4.78, 5) is 25.9. The van der Waals surface area contributed by atoms with Gasteiger partial charge in [0.1, 0.15) is 0 Å². The number of piperidine rings is 1. The van der Waals surface area contributed by atoms with Gasteiger partial charge in [-0.3, -0.25) is 14.9 Å². The lowest BCUT2D eigenvalue weighted by atomic mass is 9.83. The number of carbonyl (C=O) groups excluding carboxylic acids is 1. The summed E-state index contributed by atoms with van der Waals surface area (Å²) in [5.74, 6) is 0.224. The van der Waals surface area contributed by atoms with Crippen molar-refractivity contribution in [3.63, 3.8) is 0 Å². The van der Waals surface area contributed by atoms with Gasteiger partial charge in [0.15, 0.2) is 0 Å². The maximum absolute atomic E-state index is 12.7. The van der Waals surface area contributed by atoms with Gasteiger partial charge < -0.3 is 9.47 Å². The van der Waals surface area contributed by atoms with E-state index in [0.717, 1.165) is 23.6 Å². The minimum Gasteiger partial charge on any atom is -0.312 e. The van der Waals surface area contributed by atoms with E-state index in [0.29, 0.717) is 24.6 Å². The van der Waals surface area contributed by atoms with Crippen LogP contribution in [-0.2, 0) is 6.54 Å². The van der Waals surface area contributed by atoms with E-state index in [-0.39, 0.29) is 17.4 Å². The minimum absolute atomic E-state index is 0.0333. The Morgan fingerprint density at radius 2 is 1.86 bits per heavy atom. The number of rotatable bonds is 3. The molecular formula is C20H21Cl3N3O2+. The van der Waals surface area contributed by atoms with Crippen LogP contribution in [-0.4, -0.2) is 33.5 Å². The number of hydrogen-bond acceptors (Lipinski definition) is 2. The molecule has 148 valence electrons. The second kappa shape index (κ2) is 7.71. The van der Waals surface area contributed by atoms with Crippen LogP contribution in [0.15, 0.2) is 53.3 Å². The molecular weight excluding hydrogens is 421 g/mol. The first-order chi connectivity index (χ1) is 13.3. The zero-order valence-corrected chi connectivity index (χ0v) is 17.3. The van der Waals surface area contributed by atoms with Crippen molar-refractivity contribution in [2.45, 2.75) is 28.8 Å². The lowest BCUT2D eigenvalue weighted by molar-refractivity contribution is -0.937. The number of alkyl halides is 3. The Hall–Kier alpha value is -1.53. The van der Waals surface area contributed by atoms with E-state index < -0.39 is 9.96 Å². The Morgan fingerprint density at radius 1 is 1.11 bits per heavy atom. The van der Waals surface area contributed by atoms with Crippen LogP contribution >= 0.6 is 34.8 Å². The third kappa shape index (κ3) is 3.94. The van der Waals surface area contributed by atoms with Crippen LogP contribution in [0.3, 0.4) is 0 Å². The molecule has 1 aromatic heterocycles. The number of halogens is 3. The second-order valence-electron chi connectivity index (χ2n) is 7.58. The van der Waals surface area contributed by atoms with Gasteiger partial charge in [-0.15, -0.1) is 0 Å². The number of amides is 1. The molecule has 2 aromatic rings. The molecule has 1 aromatic carbocycles. The fraction of sp³-hybridized carbons (Fsp3) is 0.400. The molecule has 1 amide bonds. The molecule has 4 atom stereocenters. The van der Waals surface area contributed by atoms with Gasteiger partial charge in [0.05, 0.1) is 13.1 Å². The van der Waals surface area contributed by atoms with Gasteiger partial charge in [-0.1, -0.05) is 59.1 Å². The van der Waals surface area contributed by atoms with E-state index in [1.165, 1.54) is 0 Å². The molecule has 2 N–H and O–H groups in total. The van der Waals surface area contributed by atoms with Gasteiger partial charge >= 0.3 is 0 Å². The molecule has 2 aliphatic rings. The first-order valence-corrected chi connectivity index (χ1v) is 10.4. The van der Waals surface area contributed by atoms with Crippen LogP contribution < -0.4 is 15.8 Å². The Balaban J connectivity index is 1.59. The summed E-state index contributed by atoms with van der Waals surface area (Å²) >= 11 is 18.9. The van der Waals surface area contributed by atoms with Crippen LogP contribution in [0, 0.1) is 5.92 Å². The van der Waals surface area contributed by atoms with E-state index in [4.69, 9.17) is 34.8 Å². The standard InChI is InChI=1S/C20H20Cl3N3O2/c21-20(22,23)19(24-18(28)14-5-2-1-3-6-14)25-10-13-9-15(12-25)16-7-4-8-17(27)26(16)11-13/h1-8,13,15,19H,9-12H2,(H,24,28)/p+1/t13-,15+,19+/m0/s1. The summed E-state index contributed by atoms with van der Waals surface area (Å²) in [6, 6.07) is 14.3. The van der Waals surface area contributed by atoms with Gasteiger partial charge in [0.25, 0.3) is 15.3 Å². The van der Waals surface area contributed by atoms with Crippen molar-refractivity contribution < 1.29 is 9.69 Å². The van der Waals surface area contributed by atoms with Gasteiger partial charge in [0.2, 0.25) is 6.17 Å². The maximum Gasteiger partial charge on any atom is 0.262 e. The Morgan fingerprint density at radius 3 is 2.57 bits per heavy atom. The van der Waals surface area contributed by atoms with Gasteiger partial charge in [0, 0.05) is 35.7 Å². The Bertz CT molecular complexity index is 926. The zero-order chi connectivity index (χ0) is 19.9. The molecule has 0 saturated carbocycles. The highest BCUT2D eigenvalue weighted by molar-refractivity contribution is 6.68. The molecule has 0 spiro atoms. The van der Waals surface area contributed by atoms with Crippen LogP contribution in [0.5, 0.6) is 0 Å². The highest BCUT2D eigenvalue weighted by Crippen LogP contribution is 2.33. The highest BCUT2D eigenvalue weighted by Gasteiger charge is 2.47. The summed E-state index contributed by atoms with van der Waals surface area (Å²) in [7, 11) is 0. The third-order valence-corrected chi connectivity index (χ3v) is 6.32. The van der Waals surface area contributed by atoms with Crippen LogP contribution in [0.2, 0.25) is 0 Å². The number of nitrogens with one attached hydrogen (secondary N) is 2. The van der Waals surface area contributed by atoms with E-state index >= 15 is 0 Å². The molecule has 2 bridgehead atoms. The first kappa shape index (κ1) is 19.8. The number of pyridine rings is 1. The predicted octanol–water partition coefficient (Wildman–Crippen LogP) is 1.98. The number of benzene rings is 1. The zero-order valence-electron chi connectivity index (χ0n) is 15.1. The minimum atomic E-state index is -1.65. The van der Waals surface area contributed by atoms with Gasteiger partial charge in [-0.05, 0) is 24.6 Å². The van der Waals surface area contributed by atoms with E-state index in [9.17, 15) is 9.59 Å². The second-order valence-corrected chi connectivity index (χ2v) is 9.95. The number of nitrogens with zero attached hydrogens (tertiary/aromatic N) is 1. The number of quaternary nitrogens is 1. The fourth-order valence-corrected chi connectivity index (χ4v) is 5.13. The first-order valence-electron chi connectivity index (χ1n) is 9.30. The average Bonchev–Trinajstić information content (AvgIpc) is 2.66. The van der Waals surface area contributed by atoms with E-state index in [1.54, 1.807) is 36.4 Å². The molecule has 8 heteroatoms. The SMILES string of the molecule is O=C(N[C@H]([NH+]1C[C@@H]2C[C@H](C1)c1cccc(=O)n1C2)C(Cl)(Cl)Cl)c1ccccc1. The molecule has 5 nitrogen and oxygen atoms in total. The van der Waals surface area contributed by atoms with Crippen molar-refractivity contribution in [3.05, 3.63) is 70.1 Å². The molecule has 1 fully saturated rings. The van der Waals surface area contributed by atoms with Crippen molar-refractivity contribution in [3.8, 4) is 0 Å². The number of aromatic nitrogens is 1. The lowest BCUT2D eigenvalue weighted by Gasteiger charge is -2.44. The Kier molecular flexibility index (Phi) is 5.45. The summed E-state index contributed by atoms with van der Waals surface area (Å²) in [6.45, 7) is 2.08. The third-order valence-electron chi connectivity index (χ3n) is 5.67. The number of hydrogen-bond donors (Lipinski definition) is 2. The fourth-order valence-electron chi connectivity index (χ4n) is 4.51. The summed E-state index contributed by atoms with van der Waals surface area (Å²) in [5, 5.41) is 2.93. The normalized spacial score (nSPS) is 24.9. The van der Waals surface area contributed by atoms with Crippen molar-refractivity contribution in [1.29, 1.82) is 0 Å². The summed E-state index contributed by atoms with van der Waals surface area (Å²) in [6.07, 6.45) is 0.323. The van der Waals surface area contributed by atoms with Crippen LogP contribution in [0.1, 0.15) is 28.4 Å². The van der Waals surface area contributed by atoms with Crippen molar-refractivity contribution in [1.82, 2.24) is 9.88 Å². The van der Waals surface area contributed by atoms with Crippen molar-refractivity contribution >= 4 is 40.7 Å². The molecule has 1 unspecified atom stereocenters. The monoisotopic (exact) mass is 440 g/mol. The van der Waals surface area contributed by atoms with Gasteiger partial charge in [-0.25, -0.2) is 0 Å². The maximum atomic E-state index is 12.7. The quantitative estimate of drug-likeness (QED) is 0.716. The topological polar surface area (TPSA) is 55.5 Å². The molecule has 0 radical (unpaired) electrons. The highest BCUT2D eigenvalue weighted by atomic mass is 35.6. The number of fused-ring (bicyclic) bond motifs is 4. The van der Waals surface area contributed by atoms with E-state index in [2.05, 4.69) is 5.32 Å². The predicted molar refractivity (Wildman–Crippen MR) is 110 cm³/mol. The number of carbonyl (C=O) groups is 1. The molecule has 1 saturated heterocycles. The summed E-state index contributed by atoms with van der Waals surface area (Å²) < 4.78 is 0.213. The van der Waals surface area contributed by atoms with Crippen molar-refractivity contribution in [2.24, 2.45) is 5.92 Å². The lowest BCUT2D eigenvalue weighted by Crippen LogP contribution is -3.21. The molecule has 2 aliphatic heterocycles.